The molecule has 0 aliphatic rings. The van der Waals surface area contributed by atoms with Crippen molar-refractivity contribution in [2.75, 3.05) is 7.11 Å². The smallest absolute Gasteiger partial charge is 0.119 e. The first kappa shape index (κ1) is 10.5. The first-order valence-corrected chi connectivity index (χ1v) is 4.26. The zero-order valence-electron chi connectivity index (χ0n) is 8.08. The fourth-order valence-corrected chi connectivity index (χ4v) is 1.24. The molecule has 4 nitrogen and oxygen atoms in total. The van der Waals surface area contributed by atoms with Crippen LogP contribution in [0.4, 0.5) is 0 Å². The van der Waals surface area contributed by atoms with Gasteiger partial charge in [0.15, 0.2) is 0 Å². The Morgan fingerprint density at radius 3 is 2.86 bits per heavy atom. The van der Waals surface area contributed by atoms with Gasteiger partial charge < -0.3 is 15.6 Å². The maximum atomic E-state index is 9.46. The zero-order valence-corrected chi connectivity index (χ0v) is 8.08. The number of phenolic OH excluding ortho intramolecular Hbond substituents is 1. The van der Waals surface area contributed by atoms with E-state index >= 15 is 0 Å². The second kappa shape index (κ2) is 4.62. The van der Waals surface area contributed by atoms with E-state index < -0.39 is 0 Å². The highest BCUT2D eigenvalue weighted by atomic mass is 16.5. The molecule has 0 amide bonds. The molecule has 0 aromatic heterocycles. The lowest BCUT2D eigenvalue weighted by Crippen LogP contribution is -2.12. The maximum Gasteiger partial charge on any atom is 0.119 e. The largest absolute Gasteiger partial charge is 0.508 e. The Bertz CT molecular complexity index is 337. The summed E-state index contributed by atoms with van der Waals surface area (Å²) in [6.07, 6.45) is 0.267. The normalized spacial score (nSPS) is 10.1. The molecule has 0 atom stereocenters. The molecule has 0 saturated heterocycles. The fourth-order valence-electron chi connectivity index (χ4n) is 1.24. The molecule has 0 unspecified atom stereocenters. The van der Waals surface area contributed by atoms with Gasteiger partial charge in [0.05, 0.1) is 12.4 Å². The van der Waals surface area contributed by atoms with Crippen LogP contribution in [0.3, 0.4) is 0 Å². The fraction of sp³-hybridized carbons (Fsp3) is 0.300. The standard InChI is InChI=1S/C10H14N2O2/c1-14-6-7-2-3-9(13)8(4-7)5-10(11)12/h2-4,13H,5-6H2,1H3,(H3,11,12). The number of nitrogens with one attached hydrogen (secondary N) is 1. The van der Waals surface area contributed by atoms with Crippen molar-refractivity contribution in [2.45, 2.75) is 13.0 Å². The van der Waals surface area contributed by atoms with Crippen molar-refractivity contribution in [1.82, 2.24) is 0 Å². The minimum Gasteiger partial charge on any atom is -0.508 e. The summed E-state index contributed by atoms with van der Waals surface area (Å²) >= 11 is 0. The van der Waals surface area contributed by atoms with Crippen molar-refractivity contribution in [3.63, 3.8) is 0 Å². The van der Waals surface area contributed by atoms with Crippen molar-refractivity contribution in [3.05, 3.63) is 29.3 Å². The van der Waals surface area contributed by atoms with Crippen LogP contribution in [0.2, 0.25) is 0 Å². The molecule has 4 N–H and O–H groups in total. The second-order valence-electron chi connectivity index (χ2n) is 3.10. The van der Waals surface area contributed by atoms with Crippen molar-refractivity contribution >= 4 is 5.84 Å². The van der Waals surface area contributed by atoms with Crippen LogP contribution in [0.25, 0.3) is 0 Å². The SMILES string of the molecule is COCc1ccc(O)c(CC(=N)N)c1. The summed E-state index contributed by atoms with van der Waals surface area (Å²) in [5.74, 6) is 0.204. The molecule has 0 heterocycles. The highest BCUT2D eigenvalue weighted by Gasteiger charge is 2.03. The minimum absolute atomic E-state index is 0.0369. The van der Waals surface area contributed by atoms with Crippen LogP contribution >= 0.6 is 0 Å². The van der Waals surface area contributed by atoms with Crippen molar-refractivity contribution < 1.29 is 9.84 Å². The van der Waals surface area contributed by atoms with Gasteiger partial charge in [0, 0.05) is 19.1 Å². The molecule has 1 aromatic carbocycles. The number of aromatic hydroxyl groups is 1. The number of phenols is 1. The van der Waals surface area contributed by atoms with E-state index in [0.29, 0.717) is 12.2 Å². The van der Waals surface area contributed by atoms with Gasteiger partial charge in [-0.25, -0.2) is 0 Å². The summed E-state index contributed by atoms with van der Waals surface area (Å²) in [5, 5.41) is 16.6. The first-order valence-electron chi connectivity index (χ1n) is 4.26. The number of benzene rings is 1. The van der Waals surface area contributed by atoms with E-state index in [2.05, 4.69) is 0 Å². The Kier molecular flexibility index (Phi) is 3.48. The van der Waals surface area contributed by atoms with Crippen LogP contribution in [0, 0.1) is 5.41 Å². The number of hydrogen-bond acceptors (Lipinski definition) is 3. The van der Waals surface area contributed by atoms with E-state index in [1.807, 2.05) is 0 Å². The van der Waals surface area contributed by atoms with Crippen LogP contribution in [-0.4, -0.2) is 18.1 Å². The maximum absolute atomic E-state index is 9.46. The number of hydrogen-bond donors (Lipinski definition) is 3. The Morgan fingerprint density at radius 1 is 1.57 bits per heavy atom. The van der Waals surface area contributed by atoms with E-state index in [-0.39, 0.29) is 18.0 Å². The summed E-state index contributed by atoms with van der Waals surface area (Å²) in [6, 6.07) is 5.16. The van der Waals surface area contributed by atoms with Crippen LogP contribution in [0.15, 0.2) is 18.2 Å². The van der Waals surface area contributed by atoms with Gasteiger partial charge in [0.25, 0.3) is 0 Å². The molecule has 0 spiro atoms. The molecule has 0 aliphatic carbocycles. The van der Waals surface area contributed by atoms with Crippen LogP contribution in [0.5, 0.6) is 5.75 Å². The summed E-state index contributed by atoms with van der Waals surface area (Å²) in [6.45, 7) is 0.491. The molecule has 1 rings (SSSR count). The van der Waals surface area contributed by atoms with E-state index in [0.717, 1.165) is 5.56 Å². The second-order valence-corrected chi connectivity index (χ2v) is 3.10. The molecule has 0 radical (unpaired) electrons. The third-order valence-electron chi connectivity index (χ3n) is 1.84. The van der Waals surface area contributed by atoms with E-state index in [1.165, 1.54) is 0 Å². The number of methoxy groups -OCH3 is 1. The quantitative estimate of drug-likeness (QED) is 0.494. The molecule has 0 bridgehead atoms. The Balaban J connectivity index is 2.90. The van der Waals surface area contributed by atoms with Gasteiger partial charge in [-0.2, -0.15) is 0 Å². The Hall–Kier alpha value is -1.55. The summed E-state index contributed by atoms with van der Waals surface area (Å²) in [5.41, 5.74) is 6.88. The summed E-state index contributed by atoms with van der Waals surface area (Å²) in [7, 11) is 1.61. The lowest BCUT2D eigenvalue weighted by molar-refractivity contribution is 0.185. The lowest BCUT2D eigenvalue weighted by atomic mass is 10.1. The Labute approximate surface area is 82.8 Å². The van der Waals surface area contributed by atoms with Crippen LogP contribution < -0.4 is 5.73 Å². The van der Waals surface area contributed by atoms with Crippen LogP contribution in [-0.2, 0) is 17.8 Å². The van der Waals surface area contributed by atoms with Gasteiger partial charge in [-0.1, -0.05) is 6.07 Å². The highest BCUT2D eigenvalue weighted by molar-refractivity contribution is 5.80. The van der Waals surface area contributed by atoms with Crippen molar-refractivity contribution in [2.24, 2.45) is 5.73 Å². The lowest BCUT2D eigenvalue weighted by Gasteiger charge is -2.06. The molecule has 0 aliphatic heterocycles. The topological polar surface area (TPSA) is 79.3 Å². The zero-order chi connectivity index (χ0) is 10.6. The summed E-state index contributed by atoms with van der Waals surface area (Å²) in [4.78, 5) is 0. The molecular formula is C10H14N2O2. The van der Waals surface area contributed by atoms with Gasteiger partial charge in [-0.15, -0.1) is 0 Å². The predicted octanol–water partition coefficient (Wildman–Crippen LogP) is 1.02. The minimum atomic E-state index is 0.0369. The van der Waals surface area contributed by atoms with E-state index in [4.69, 9.17) is 15.9 Å². The van der Waals surface area contributed by atoms with Gasteiger partial charge in [0.2, 0.25) is 0 Å². The number of ether oxygens (including phenoxy) is 1. The molecule has 4 heteroatoms. The van der Waals surface area contributed by atoms with Gasteiger partial charge in [-0.3, -0.25) is 5.41 Å². The molecule has 14 heavy (non-hydrogen) atoms. The van der Waals surface area contributed by atoms with Crippen molar-refractivity contribution in [3.8, 4) is 5.75 Å². The summed E-state index contributed by atoms with van der Waals surface area (Å²) < 4.78 is 4.96. The van der Waals surface area contributed by atoms with Crippen LogP contribution in [0.1, 0.15) is 11.1 Å². The number of rotatable bonds is 4. The van der Waals surface area contributed by atoms with Gasteiger partial charge >= 0.3 is 0 Å². The molecule has 0 fully saturated rings. The molecular weight excluding hydrogens is 180 g/mol. The van der Waals surface area contributed by atoms with Gasteiger partial charge in [-0.05, 0) is 17.7 Å². The number of amidine groups is 1. The van der Waals surface area contributed by atoms with Crippen molar-refractivity contribution in [1.29, 1.82) is 5.41 Å². The Morgan fingerprint density at radius 2 is 2.29 bits per heavy atom. The third kappa shape index (κ3) is 2.74. The molecule has 76 valence electrons. The first-order chi connectivity index (χ1) is 6.63. The third-order valence-corrected chi connectivity index (χ3v) is 1.84. The monoisotopic (exact) mass is 194 g/mol. The molecule has 1 aromatic rings. The number of nitrogens with two attached hydrogens (primary N) is 1. The highest BCUT2D eigenvalue weighted by Crippen LogP contribution is 2.19. The molecule has 0 saturated carbocycles. The average Bonchev–Trinajstić information content (AvgIpc) is 2.10. The van der Waals surface area contributed by atoms with E-state index in [9.17, 15) is 5.11 Å². The average molecular weight is 194 g/mol. The van der Waals surface area contributed by atoms with Gasteiger partial charge in [0.1, 0.15) is 5.75 Å². The predicted molar refractivity (Wildman–Crippen MR) is 54.4 cm³/mol. The van der Waals surface area contributed by atoms with E-state index in [1.54, 1.807) is 25.3 Å².